The largest absolute Gasteiger partial charge is 0.463 e. The second-order valence-electron chi connectivity index (χ2n) is 6.35. The molecule has 4 N–H and O–H groups in total. The van der Waals surface area contributed by atoms with E-state index in [1.165, 1.54) is 0 Å². The molecule has 8 nitrogen and oxygen atoms in total. The van der Waals surface area contributed by atoms with Gasteiger partial charge in [-0.3, -0.25) is 5.32 Å². The summed E-state index contributed by atoms with van der Waals surface area (Å²) in [5.74, 6) is 0.557. The topological polar surface area (TPSA) is 117 Å². The van der Waals surface area contributed by atoms with E-state index in [1.807, 2.05) is 0 Å². The van der Waals surface area contributed by atoms with Crippen molar-refractivity contribution in [1.82, 2.24) is 10.2 Å². The number of carbonyl (C=O) groups excluding carboxylic acids is 1. The third-order valence-corrected chi connectivity index (χ3v) is 3.30. The average molecular weight is 314 g/mol. The molecule has 1 fully saturated rings. The lowest BCUT2D eigenvalue weighted by Crippen LogP contribution is -2.49. The second-order valence-corrected chi connectivity index (χ2v) is 6.35. The van der Waals surface area contributed by atoms with Crippen LogP contribution < -0.4 is 11.1 Å². The molecular formula is C14H26N4O4. The van der Waals surface area contributed by atoms with Crippen LogP contribution in [-0.4, -0.2) is 53.4 Å². The summed E-state index contributed by atoms with van der Waals surface area (Å²) in [6.45, 7) is 7.12. The number of piperidine rings is 1. The van der Waals surface area contributed by atoms with Crippen molar-refractivity contribution in [2.24, 2.45) is 16.6 Å². The van der Waals surface area contributed by atoms with Crippen molar-refractivity contribution in [3.05, 3.63) is 0 Å². The Kier molecular flexibility index (Phi) is 6.61. The fourth-order valence-corrected chi connectivity index (χ4v) is 2.33. The molecule has 1 rings (SSSR count). The Balaban J connectivity index is 2.67. The molecule has 0 aromatic rings. The van der Waals surface area contributed by atoms with Gasteiger partial charge >= 0.3 is 12.2 Å². The van der Waals surface area contributed by atoms with Gasteiger partial charge in [-0.25, -0.2) is 9.59 Å². The molecule has 0 aromatic carbocycles. The van der Waals surface area contributed by atoms with Gasteiger partial charge in [0.25, 0.3) is 0 Å². The van der Waals surface area contributed by atoms with E-state index in [9.17, 15) is 9.59 Å². The quantitative estimate of drug-likeness (QED) is 0.526. The second kappa shape index (κ2) is 7.98. The van der Waals surface area contributed by atoms with E-state index in [2.05, 4.69) is 10.3 Å². The van der Waals surface area contributed by atoms with Crippen LogP contribution in [-0.2, 0) is 4.74 Å². The monoisotopic (exact) mass is 314 g/mol. The Morgan fingerprint density at radius 2 is 1.95 bits per heavy atom. The zero-order valence-electron chi connectivity index (χ0n) is 13.5. The Morgan fingerprint density at radius 3 is 2.41 bits per heavy atom. The molecule has 8 heteroatoms. The summed E-state index contributed by atoms with van der Waals surface area (Å²) in [7, 11) is 0. The standard InChI is InChI=1S/C14H26N4O4/c1-14(2,3)22-13(21)17-11(16-12(19)20)18-8-5-10(4-7-15)6-9-18/h10H,4-9,15H2,1-3H3,(H,19,20)(H,16,17,21). The summed E-state index contributed by atoms with van der Waals surface area (Å²) in [5, 5.41) is 11.3. The molecule has 2 amide bonds. The van der Waals surface area contributed by atoms with Crippen LogP contribution in [0.3, 0.4) is 0 Å². The third-order valence-electron chi connectivity index (χ3n) is 3.30. The predicted molar refractivity (Wildman–Crippen MR) is 82.8 cm³/mol. The first-order valence-corrected chi connectivity index (χ1v) is 7.48. The minimum Gasteiger partial charge on any atom is -0.463 e. The van der Waals surface area contributed by atoms with Gasteiger partial charge in [0.05, 0.1) is 0 Å². The number of carboxylic acid groups (broad SMARTS) is 1. The van der Waals surface area contributed by atoms with Crippen LogP contribution in [0.25, 0.3) is 0 Å². The van der Waals surface area contributed by atoms with Crippen molar-refractivity contribution in [2.45, 2.75) is 45.6 Å². The van der Waals surface area contributed by atoms with Gasteiger partial charge in [-0.15, -0.1) is 4.99 Å². The predicted octanol–water partition coefficient (Wildman–Crippen LogP) is 1.61. The Hall–Kier alpha value is -1.83. The number of carbonyl (C=O) groups is 2. The van der Waals surface area contributed by atoms with Gasteiger partial charge in [0, 0.05) is 13.1 Å². The number of amides is 2. The average Bonchev–Trinajstić information content (AvgIpc) is 2.36. The molecule has 126 valence electrons. The highest BCUT2D eigenvalue weighted by Crippen LogP contribution is 2.20. The Bertz CT molecular complexity index is 423. The van der Waals surface area contributed by atoms with Crippen LogP contribution >= 0.6 is 0 Å². The maximum Gasteiger partial charge on any atom is 0.434 e. The van der Waals surface area contributed by atoms with E-state index in [-0.39, 0.29) is 5.96 Å². The zero-order chi connectivity index (χ0) is 16.8. The number of likely N-dealkylation sites (tertiary alicyclic amines) is 1. The highest BCUT2D eigenvalue weighted by Gasteiger charge is 2.25. The molecule has 0 bridgehead atoms. The first kappa shape index (κ1) is 18.2. The molecule has 0 saturated carbocycles. The fraction of sp³-hybridized carbons (Fsp3) is 0.786. The number of guanidine groups is 1. The molecule has 22 heavy (non-hydrogen) atoms. The van der Waals surface area contributed by atoms with E-state index in [0.29, 0.717) is 25.6 Å². The van der Waals surface area contributed by atoms with Crippen molar-refractivity contribution >= 4 is 18.1 Å². The van der Waals surface area contributed by atoms with Crippen molar-refractivity contribution in [3.63, 3.8) is 0 Å². The van der Waals surface area contributed by atoms with Gasteiger partial charge in [-0.2, -0.15) is 0 Å². The van der Waals surface area contributed by atoms with Gasteiger partial charge in [0.15, 0.2) is 0 Å². The lowest BCUT2D eigenvalue weighted by atomic mass is 9.94. The van der Waals surface area contributed by atoms with E-state index in [4.69, 9.17) is 15.6 Å². The first-order chi connectivity index (χ1) is 10.2. The van der Waals surface area contributed by atoms with E-state index >= 15 is 0 Å². The summed E-state index contributed by atoms with van der Waals surface area (Å²) in [5.41, 5.74) is 4.90. The van der Waals surface area contributed by atoms with Crippen LogP contribution in [0.4, 0.5) is 9.59 Å². The molecule has 1 heterocycles. The van der Waals surface area contributed by atoms with E-state index in [1.54, 1.807) is 25.7 Å². The molecule has 1 aliphatic heterocycles. The number of ether oxygens (including phenoxy) is 1. The van der Waals surface area contributed by atoms with E-state index in [0.717, 1.165) is 19.3 Å². The number of rotatable bonds is 2. The van der Waals surface area contributed by atoms with Crippen LogP contribution in [0.5, 0.6) is 0 Å². The molecule has 0 spiro atoms. The maximum absolute atomic E-state index is 11.8. The number of nitrogens with two attached hydrogens (primary N) is 1. The maximum atomic E-state index is 11.8. The highest BCUT2D eigenvalue weighted by molar-refractivity contribution is 5.98. The molecule has 0 radical (unpaired) electrons. The van der Waals surface area contributed by atoms with Crippen molar-refractivity contribution in [2.75, 3.05) is 19.6 Å². The zero-order valence-corrected chi connectivity index (χ0v) is 13.5. The molecule has 0 unspecified atom stereocenters. The number of aliphatic imine (C=N–C) groups is 1. The number of alkyl carbamates (subject to hydrolysis) is 1. The van der Waals surface area contributed by atoms with Crippen LogP contribution in [0.15, 0.2) is 4.99 Å². The van der Waals surface area contributed by atoms with Crippen molar-refractivity contribution in [3.8, 4) is 0 Å². The highest BCUT2D eigenvalue weighted by atomic mass is 16.6. The minimum atomic E-state index is -1.35. The summed E-state index contributed by atoms with van der Waals surface area (Å²) < 4.78 is 5.13. The van der Waals surface area contributed by atoms with Gasteiger partial charge in [-0.1, -0.05) is 0 Å². The van der Waals surface area contributed by atoms with E-state index < -0.39 is 17.8 Å². The molecule has 0 aliphatic carbocycles. The van der Waals surface area contributed by atoms with Gasteiger partial charge in [-0.05, 0) is 52.5 Å². The minimum absolute atomic E-state index is 0.0212. The van der Waals surface area contributed by atoms with Crippen molar-refractivity contribution < 1.29 is 19.4 Å². The summed E-state index contributed by atoms with van der Waals surface area (Å²) in [6, 6.07) is 0. The normalized spacial score (nSPS) is 17.3. The molecule has 1 saturated heterocycles. The lowest BCUT2D eigenvalue weighted by molar-refractivity contribution is 0.0554. The number of nitrogens with one attached hydrogen (secondary N) is 1. The molecule has 0 aromatic heterocycles. The molecule has 1 aliphatic rings. The Labute approximate surface area is 130 Å². The van der Waals surface area contributed by atoms with Crippen LogP contribution in [0, 0.1) is 5.92 Å². The summed E-state index contributed by atoms with van der Waals surface area (Å²) >= 11 is 0. The van der Waals surface area contributed by atoms with Crippen molar-refractivity contribution in [1.29, 1.82) is 0 Å². The van der Waals surface area contributed by atoms with Crippen LogP contribution in [0.2, 0.25) is 0 Å². The molecular weight excluding hydrogens is 288 g/mol. The number of hydrogen-bond donors (Lipinski definition) is 3. The SMILES string of the molecule is CC(C)(C)OC(=O)N/C(=N/C(=O)O)N1CCC(CCN)CC1. The third kappa shape index (κ3) is 6.75. The van der Waals surface area contributed by atoms with Gasteiger partial charge in [0.2, 0.25) is 5.96 Å². The number of hydrogen-bond acceptors (Lipinski definition) is 4. The lowest BCUT2D eigenvalue weighted by Gasteiger charge is -2.33. The van der Waals surface area contributed by atoms with Gasteiger partial charge < -0.3 is 20.5 Å². The van der Waals surface area contributed by atoms with Crippen LogP contribution in [0.1, 0.15) is 40.0 Å². The first-order valence-electron chi connectivity index (χ1n) is 7.48. The fourth-order valence-electron chi connectivity index (χ4n) is 2.33. The summed E-state index contributed by atoms with van der Waals surface area (Å²) in [6.07, 6.45) is 0.683. The molecule has 0 atom stereocenters. The summed E-state index contributed by atoms with van der Waals surface area (Å²) in [4.78, 5) is 27.9. The van der Waals surface area contributed by atoms with Gasteiger partial charge in [0.1, 0.15) is 5.60 Å². The smallest absolute Gasteiger partial charge is 0.434 e. The number of nitrogens with zero attached hydrogens (tertiary/aromatic N) is 2. The Morgan fingerprint density at radius 1 is 1.36 bits per heavy atom.